The van der Waals surface area contributed by atoms with Gasteiger partial charge in [-0.15, -0.1) is 0 Å². The van der Waals surface area contributed by atoms with Crippen LogP contribution < -0.4 is 5.32 Å². The lowest BCUT2D eigenvalue weighted by atomic mass is 10.2. The van der Waals surface area contributed by atoms with E-state index in [0.29, 0.717) is 0 Å². The van der Waals surface area contributed by atoms with Gasteiger partial charge < -0.3 is 5.32 Å². The highest BCUT2D eigenvalue weighted by Gasteiger charge is 2.18. The molecule has 1 atom stereocenters. The molecular weight excluding hydrogens is 232 g/mol. The molecule has 0 amide bonds. The second-order valence-electron chi connectivity index (χ2n) is 3.46. The first kappa shape index (κ1) is 12.6. The van der Waals surface area contributed by atoms with E-state index < -0.39 is 4.92 Å². The van der Waals surface area contributed by atoms with Crippen LogP contribution in [0.1, 0.15) is 26.7 Å². The van der Waals surface area contributed by atoms with E-state index in [-0.39, 0.29) is 22.8 Å². The summed E-state index contributed by atoms with van der Waals surface area (Å²) in [6.45, 7) is 3.97. The van der Waals surface area contributed by atoms with Crippen molar-refractivity contribution in [3.05, 3.63) is 21.6 Å². The van der Waals surface area contributed by atoms with Gasteiger partial charge in [-0.1, -0.05) is 13.3 Å². The smallest absolute Gasteiger partial charge is 0.329 e. The first-order chi connectivity index (χ1) is 7.54. The molecule has 0 aliphatic heterocycles. The standard InChI is InChI=1S/C9H13ClN4O2/c1-3-4-6(2)12-8-7(14(15)16)5-11-9(10)13-8/h5-6H,3-4H2,1-2H3,(H,11,12,13)/t6-/m1/s1. The number of nitrogens with one attached hydrogen (secondary N) is 1. The summed E-state index contributed by atoms with van der Waals surface area (Å²) in [5, 5.41) is 13.7. The number of hydrogen-bond donors (Lipinski definition) is 1. The predicted octanol–water partition coefficient (Wildman–Crippen LogP) is 2.64. The van der Waals surface area contributed by atoms with Crippen LogP contribution in [-0.2, 0) is 0 Å². The van der Waals surface area contributed by atoms with Crippen LogP contribution >= 0.6 is 11.6 Å². The summed E-state index contributed by atoms with van der Waals surface area (Å²) in [7, 11) is 0. The van der Waals surface area contributed by atoms with E-state index in [4.69, 9.17) is 11.6 Å². The molecular formula is C9H13ClN4O2. The maximum Gasteiger partial charge on any atom is 0.329 e. The van der Waals surface area contributed by atoms with Crippen LogP contribution in [0.5, 0.6) is 0 Å². The Balaban J connectivity index is 2.92. The van der Waals surface area contributed by atoms with Gasteiger partial charge in [-0.05, 0) is 24.9 Å². The second-order valence-corrected chi connectivity index (χ2v) is 3.80. The SMILES string of the molecule is CCC[C@@H](C)Nc1nc(Cl)ncc1[N+](=O)[O-]. The second kappa shape index (κ2) is 5.60. The highest BCUT2D eigenvalue weighted by atomic mass is 35.5. The fourth-order valence-electron chi connectivity index (χ4n) is 1.33. The average Bonchev–Trinajstić information content (AvgIpc) is 2.17. The van der Waals surface area contributed by atoms with Gasteiger partial charge >= 0.3 is 5.69 Å². The van der Waals surface area contributed by atoms with Gasteiger partial charge in [0, 0.05) is 6.04 Å². The minimum atomic E-state index is -0.530. The van der Waals surface area contributed by atoms with Crippen LogP contribution in [0.4, 0.5) is 11.5 Å². The molecule has 0 spiro atoms. The first-order valence-corrected chi connectivity index (χ1v) is 5.35. The number of halogens is 1. The molecule has 6 nitrogen and oxygen atoms in total. The van der Waals surface area contributed by atoms with Crippen LogP contribution in [0, 0.1) is 10.1 Å². The van der Waals surface area contributed by atoms with Crippen molar-refractivity contribution in [2.75, 3.05) is 5.32 Å². The van der Waals surface area contributed by atoms with Crippen LogP contribution in [0.25, 0.3) is 0 Å². The van der Waals surface area contributed by atoms with Gasteiger partial charge in [0.2, 0.25) is 11.1 Å². The Morgan fingerprint density at radius 2 is 2.38 bits per heavy atom. The third-order valence-corrected chi connectivity index (χ3v) is 2.22. The van der Waals surface area contributed by atoms with E-state index in [2.05, 4.69) is 15.3 Å². The molecule has 1 aromatic heterocycles. The maximum absolute atomic E-state index is 10.7. The predicted molar refractivity (Wildman–Crippen MR) is 61.7 cm³/mol. The van der Waals surface area contributed by atoms with Crippen molar-refractivity contribution >= 4 is 23.1 Å². The molecule has 1 aromatic rings. The Hall–Kier alpha value is -1.43. The summed E-state index contributed by atoms with van der Waals surface area (Å²) in [4.78, 5) is 17.6. The molecule has 0 aliphatic rings. The first-order valence-electron chi connectivity index (χ1n) is 4.98. The number of nitrogens with zero attached hydrogens (tertiary/aromatic N) is 3. The molecule has 16 heavy (non-hydrogen) atoms. The zero-order valence-electron chi connectivity index (χ0n) is 9.11. The number of anilines is 1. The average molecular weight is 245 g/mol. The Morgan fingerprint density at radius 1 is 1.69 bits per heavy atom. The van der Waals surface area contributed by atoms with Crippen molar-refractivity contribution < 1.29 is 4.92 Å². The molecule has 88 valence electrons. The van der Waals surface area contributed by atoms with Crippen LogP contribution in [0.15, 0.2) is 6.20 Å². The van der Waals surface area contributed by atoms with Crippen LogP contribution in [-0.4, -0.2) is 20.9 Å². The molecule has 7 heteroatoms. The van der Waals surface area contributed by atoms with Crippen molar-refractivity contribution in [2.45, 2.75) is 32.7 Å². The number of nitro groups is 1. The van der Waals surface area contributed by atoms with Gasteiger partial charge in [0.25, 0.3) is 0 Å². The molecule has 0 aromatic carbocycles. The van der Waals surface area contributed by atoms with E-state index in [9.17, 15) is 10.1 Å². The molecule has 0 bridgehead atoms. The summed E-state index contributed by atoms with van der Waals surface area (Å²) in [5.74, 6) is 0.172. The van der Waals surface area contributed by atoms with Crippen molar-refractivity contribution in [3.63, 3.8) is 0 Å². The lowest BCUT2D eigenvalue weighted by molar-refractivity contribution is -0.384. The molecule has 0 radical (unpaired) electrons. The Labute approximate surface area is 98.2 Å². The highest BCUT2D eigenvalue weighted by molar-refractivity contribution is 6.28. The topological polar surface area (TPSA) is 81.0 Å². The molecule has 0 saturated heterocycles. The zero-order chi connectivity index (χ0) is 12.1. The fraction of sp³-hybridized carbons (Fsp3) is 0.556. The fourth-order valence-corrected chi connectivity index (χ4v) is 1.47. The van der Waals surface area contributed by atoms with Crippen molar-refractivity contribution in [1.29, 1.82) is 0 Å². The molecule has 0 fully saturated rings. The number of hydrogen-bond acceptors (Lipinski definition) is 5. The number of rotatable bonds is 5. The van der Waals surface area contributed by atoms with E-state index in [1.807, 2.05) is 13.8 Å². The molecule has 1 N–H and O–H groups in total. The van der Waals surface area contributed by atoms with Crippen LogP contribution in [0.3, 0.4) is 0 Å². The van der Waals surface area contributed by atoms with Crippen molar-refractivity contribution in [3.8, 4) is 0 Å². The Morgan fingerprint density at radius 3 is 2.94 bits per heavy atom. The minimum Gasteiger partial charge on any atom is -0.362 e. The molecule has 0 unspecified atom stereocenters. The quantitative estimate of drug-likeness (QED) is 0.489. The van der Waals surface area contributed by atoms with Gasteiger partial charge in [-0.2, -0.15) is 4.98 Å². The zero-order valence-corrected chi connectivity index (χ0v) is 9.86. The summed E-state index contributed by atoms with van der Waals surface area (Å²) >= 11 is 5.60. The van der Waals surface area contributed by atoms with E-state index >= 15 is 0 Å². The minimum absolute atomic E-state index is 0.00296. The van der Waals surface area contributed by atoms with Crippen molar-refractivity contribution in [1.82, 2.24) is 9.97 Å². The lowest BCUT2D eigenvalue weighted by Gasteiger charge is -2.12. The molecule has 0 saturated carbocycles. The third kappa shape index (κ3) is 3.30. The largest absolute Gasteiger partial charge is 0.362 e. The Bertz CT molecular complexity index is 386. The molecule has 0 aliphatic carbocycles. The van der Waals surface area contributed by atoms with E-state index in [1.54, 1.807) is 0 Å². The Kier molecular flexibility index (Phi) is 4.42. The third-order valence-electron chi connectivity index (χ3n) is 2.04. The van der Waals surface area contributed by atoms with Gasteiger partial charge in [0.15, 0.2) is 0 Å². The monoisotopic (exact) mass is 244 g/mol. The summed E-state index contributed by atoms with van der Waals surface area (Å²) in [5.41, 5.74) is -0.160. The van der Waals surface area contributed by atoms with E-state index in [0.717, 1.165) is 19.0 Å². The summed E-state index contributed by atoms with van der Waals surface area (Å²) < 4.78 is 0. The molecule has 1 heterocycles. The normalized spacial score (nSPS) is 12.2. The van der Waals surface area contributed by atoms with Gasteiger partial charge in [0.05, 0.1) is 4.92 Å². The maximum atomic E-state index is 10.7. The summed E-state index contributed by atoms with van der Waals surface area (Å²) in [6, 6.07) is 0.106. The van der Waals surface area contributed by atoms with Gasteiger partial charge in [-0.3, -0.25) is 10.1 Å². The molecule has 1 rings (SSSR count). The van der Waals surface area contributed by atoms with Crippen molar-refractivity contribution in [2.24, 2.45) is 0 Å². The highest BCUT2D eigenvalue weighted by Crippen LogP contribution is 2.23. The van der Waals surface area contributed by atoms with E-state index in [1.165, 1.54) is 0 Å². The van der Waals surface area contributed by atoms with Gasteiger partial charge in [0.1, 0.15) is 6.20 Å². The van der Waals surface area contributed by atoms with Gasteiger partial charge in [-0.25, -0.2) is 4.98 Å². The van der Waals surface area contributed by atoms with Crippen LogP contribution in [0.2, 0.25) is 5.28 Å². The number of aromatic nitrogens is 2. The lowest BCUT2D eigenvalue weighted by Crippen LogP contribution is -2.16. The summed E-state index contributed by atoms with van der Waals surface area (Å²) in [6.07, 6.45) is 3.00.